The minimum atomic E-state index is 0.241. The third-order valence-electron chi connectivity index (χ3n) is 2.82. The Morgan fingerprint density at radius 1 is 1.47 bits per heavy atom. The molecule has 1 aromatic carbocycles. The lowest BCUT2D eigenvalue weighted by Crippen LogP contribution is -2.24. The number of hydrogen-bond donors (Lipinski definition) is 1. The number of para-hydroxylation sites is 1. The topological polar surface area (TPSA) is 46.3 Å². The van der Waals surface area contributed by atoms with E-state index in [1.165, 1.54) is 0 Å². The van der Waals surface area contributed by atoms with Crippen LogP contribution in [0.25, 0.3) is 0 Å². The molecule has 1 amide bonds. The molecule has 2 rings (SSSR count). The summed E-state index contributed by atoms with van der Waals surface area (Å²) in [6, 6.07) is 7.72. The Kier molecular flexibility index (Phi) is 2.62. The van der Waals surface area contributed by atoms with Crippen LogP contribution in [0.2, 0.25) is 0 Å². The van der Waals surface area contributed by atoms with Crippen molar-refractivity contribution in [2.24, 2.45) is 5.92 Å². The van der Waals surface area contributed by atoms with E-state index < -0.39 is 0 Å². The average Bonchev–Trinajstić information content (AvgIpc) is 2.49. The second-order valence-electron chi connectivity index (χ2n) is 4.28. The molecule has 1 unspecified atom stereocenters. The highest BCUT2D eigenvalue weighted by molar-refractivity contribution is 5.78. The van der Waals surface area contributed by atoms with Gasteiger partial charge in [0.05, 0.1) is 0 Å². The van der Waals surface area contributed by atoms with Gasteiger partial charge in [0, 0.05) is 25.2 Å². The molecule has 1 fully saturated rings. The van der Waals surface area contributed by atoms with E-state index in [4.69, 9.17) is 5.73 Å². The van der Waals surface area contributed by atoms with Crippen molar-refractivity contribution in [2.75, 3.05) is 12.3 Å². The first-order valence-corrected chi connectivity index (χ1v) is 5.28. The summed E-state index contributed by atoms with van der Waals surface area (Å²) in [5.41, 5.74) is 7.65. The number of nitrogens with two attached hydrogens (primary N) is 1. The van der Waals surface area contributed by atoms with Crippen LogP contribution in [-0.2, 0) is 11.3 Å². The van der Waals surface area contributed by atoms with Crippen LogP contribution in [0, 0.1) is 5.92 Å². The van der Waals surface area contributed by atoms with Gasteiger partial charge >= 0.3 is 0 Å². The first-order valence-electron chi connectivity index (χ1n) is 5.28. The van der Waals surface area contributed by atoms with Gasteiger partial charge in [-0.3, -0.25) is 4.79 Å². The Balaban J connectivity index is 2.09. The zero-order valence-electron chi connectivity index (χ0n) is 8.94. The lowest BCUT2D eigenvalue weighted by molar-refractivity contribution is -0.128. The molecule has 3 heteroatoms. The Bertz CT molecular complexity index is 376. The minimum Gasteiger partial charge on any atom is -0.398 e. The predicted molar refractivity (Wildman–Crippen MR) is 60.1 cm³/mol. The molecule has 2 N–H and O–H groups in total. The van der Waals surface area contributed by atoms with Gasteiger partial charge in [0.25, 0.3) is 0 Å². The number of nitrogens with zero attached hydrogens (tertiary/aromatic N) is 1. The number of nitrogen functional groups attached to an aromatic ring is 1. The molecule has 15 heavy (non-hydrogen) atoms. The summed E-state index contributed by atoms with van der Waals surface area (Å²) in [5.74, 6) is 0.716. The van der Waals surface area contributed by atoms with E-state index in [9.17, 15) is 4.79 Å². The van der Waals surface area contributed by atoms with Crippen LogP contribution in [-0.4, -0.2) is 17.4 Å². The van der Waals surface area contributed by atoms with Gasteiger partial charge in [0.15, 0.2) is 0 Å². The maximum atomic E-state index is 11.6. The van der Waals surface area contributed by atoms with Crippen molar-refractivity contribution in [1.82, 2.24) is 4.90 Å². The number of rotatable bonds is 2. The molecule has 3 nitrogen and oxygen atoms in total. The first-order chi connectivity index (χ1) is 7.16. The highest BCUT2D eigenvalue weighted by Gasteiger charge is 2.26. The molecule has 1 aliphatic rings. The molecule has 1 aromatic rings. The number of likely N-dealkylation sites (tertiary alicyclic amines) is 1. The third kappa shape index (κ3) is 2.12. The van der Waals surface area contributed by atoms with E-state index in [2.05, 4.69) is 6.92 Å². The van der Waals surface area contributed by atoms with E-state index in [0.717, 1.165) is 17.8 Å². The van der Waals surface area contributed by atoms with Gasteiger partial charge in [-0.1, -0.05) is 25.1 Å². The molecule has 0 aliphatic carbocycles. The monoisotopic (exact) mass is 204 g/mol. The highest BCUT2D eigenvalue weighted by atomic mass is 16.2. The summed E-state index contributed by atoms with van der Waals surface area (Å²) in [6.07, 6.45) is 0.673. The Hall–Kier alpha value is -1.51. The molecule has 1 atom stereocenters. The molecule has 0 saturated carbocycles. The fraction of sp³-hybridized carbons (Fsp3) is 0.417. The molecule has 0 aromatic heterocycles. The number of hydrogen-bond acceptors (Lipinski definition) is 2. The summed E-state index contributed by atoms with van der Waals surface area (Å²) in [7, 11) is 0. The van der Waals surface area contributed by atoms with E-state index >= 15 is 0 Å². The summed E-state index contributed by atoms with van der Waals surface area (Å²) in [5, 5.41) is 0. The van der Waals surface area contributed by atoms with Crippen LogP contribution >= 0.6 is 0 Å². The minimum absolute atomic E-state index is 0.241. The molecule has 80 valence electrons. The zero-order chi connectivity index (χ0) is 10.8. The van der Waals surface area contributed by atoms with Crippen molar-refractivity contribution in [3.8, 4) is 0 Å². The summed E-state index contributed by atoms with van der Waals surface area (Å²) < 4.78 is 0. The van der Waals surface area contributed by atoms with Crippen molar-refractivity contribution in [1.29, 1.82) is 0 Å². The zero-order valence-corrected chi connectivity index (χ0v) is 8.94. The van der Waals surface area contributed by atoms with Crippen LogP contribution in [0.3, 0.4) is 0 Å². The van der Waals surface area contributed by atoms with E-state index in [-0.39, 0.29) is 5.91 Å². The second kappa shape index (κ2) is 3.93. The molecule has 0 radical (unpaired) electrons. The van der Waals surface area contributed by atoms with Crippen LogP contribution in [0.5, 0.6) is 0 Å². The van der Waals surface area contributed by atoms with Gasteiger partial charge in [-0.25, -0.2) is 0 Å². The Morgan fingerprint density at radius 2 is 2.20 bits per heavy atom. The van der Waals surface area contributed by atoms with Gasteiger partial charge in [-0.2, -0.15) is 0 Å². The maximum Gasteiger partial charge on any atom is 0.223 e. The normalized spacial score (nSPS) is 21.0. The second-order valence-corrected chi connectivity index (χ2v) is 4.28. The molecule has 1 saturated heterocycles. The third-order valence-corrected chi connectivity index (χ3v) is 2.82. The number of carbonyl (C=O) groups is 1. The highest BCUT2D eigenvalue weighted by Crippen LogP contribution is 2.21. The number of benzene rings is 1. The van der Waals surface area contributed by atoms with Gasteiger partial charge in [0.2, 0.25) is 5.91 Å². The van der Waals surface area contributed by atoms with Crippen LogP contribution < -0.4 is 5.73 Å². The van der Waals surface area contributed by atoms with E-state index in [1.807, 2.05) is 29.2 Å². The Morgan fingerprint density at radius 3 is 2.80 bits per heavy atom. The molecular weight excluding hydrogens is 188 g/mol. The van der Waals surface area contributed by atoms with Crippen molar-refractivity contribution in [3.05, 3.63) is 29.8 Å². The smallest absolute Gasteiger partial charge is 0.223 e. The molecule has 1 heterocycles. The van der Waals surface area contributed by atoms with Gasteiger partial charge in [-0.05, 0) is 17.5 Å². The Labute approximate surface area is 89.9 Å². The van der Waals surface area contributed by atoms with Crippen molar-refractivity contribution < 1.29 is 4.79 Å². The standard InChI is InChI=1S/C12H16N2O/c1-9-6-12(15)14(7-9)8-10-4-2-3-5-11(10)13/h2-5,9H,6-8,13H2,1H3. The lowest BCUT2D eigenvalue weighted by atomic mass is 10.1. The van der Waals surface area contributed by atoms with Crippen LogP contribution in [0.15, 0.2) is 24.3 Å². The van der Waals surface area contributed by atoms with Gasteiger partial charge in [-0.15, -0.1) is 0 Å². The first kappa shape index (κ1) is 10.0. The quantitative estimate of drug-likeness (QED) is 0.744. The predicted octanol–water partition coefficient (Wildman–Crippen LogP) is 1.64. The van der Waals surface area contributed by atoms with Crippen molar-refractivity contribution in [2.45, 2.75) is 19.9 Å². The van der Waals surface area contributed by atoms with Crippen LogP contribution in [0.1, 0.15) is 18.9 Å². The van der Waals surface area contributed by atoms with Crippen LogP contribution in [0.4, 0.5) is 5.69 Å². The fourth-order valence-electron chi connectivity index (χ4n) is 2.01. The molecule has 1 aliphatic heterocycles. The largest absolute Gasteiger partial charge is 0.398 e. The van der Waals surface area contributed by atoms with Gasteiger partial charge < -0.3 is 10.6 Å². The molecular formula is C12H16N2O. The summed E-state index contributed by atoms with van der Waals surface area (Å²) in [4.78, 5) is 13.5. The summed E-state index contributed by atoms with van der Waals surface area (Å²) in [6.45, 7) is 3.61. The van der Waals surface area contributed by atoms with Crippen molar-refractivity contribution in [3.63, 3.8) is 0 Å². The lowest BCUT2D eigenvalue weighted by Gasteiger charge is -2.17. The van der Waals surface area contributed by atoms with Crippen molar-refractivity contribution >= 4 is 11.6 Å². The number of carbonyl (C=O) groups excluding carboxylic acids is 1. The summed E-state index contributed by atoms with van der Waals surface area (Å²) >= 11 is 0. The van der Waals surface area contributed by atoms with E-state index in [1.54, 1.807) is 0 Å². The number of anilines is 1. The fourth-order valence-corrected chi connectivity index (χ4v) is 2.01. The average molecular weight is 204 g/mol. The van der Waals surface area contributed by atoms with E-state index in [0.29, 0.717) is 18.9 Å². The van der Waals surface area contributed by atoms with Gasteiger partial charge in [0.1, 0.15) is 0 Å². The maximum absolute atomic E-state index is 11.6. The SMILES string of the molecule is CC1CC(=O)N(Cc2ccccc2N)C1. The molecule has 0 bridgehead atoms. The number of amides is 1. The molecule has 0 spiro atoms.